The van der Waals surface area contributed by atoms with Gasteiger partial charge in [-0.15, -0.1) is 11.3 Å². The topological polar surface area (TPSA) is 76.3 Å². The third-order valence-corrected chi connectivity index (χ3v) is 2.35. The summed E-state index contributed by atoms with van der Waals surface area (Å²) in [7, 11) is 1.52. The number of rotatable bonds is 3. The molecule has 0 saturated heterocycles. The number of carbonyl (C=O) groups excluding carboxylic acids is 2. The Bertz CT molecular complexity index is 361. The average molecular weight is 213 g/mol. The summed E-state index contributed by atoms with van der Waals surface area (Å²) < 4.78 is 0. The molecule has 2 N–H and O–H groups in total. The Hall–Kier alpha value is -1.43. The molecule has 0 unspecified atom stereocenters. The van der Waals surface area contributed by atoms with Crippen LogP contribution in [0.15, 0.2) is 5.38 Å². The standard InChI is InChI=1S/C8H11N3O2S/c1-5-10-6(4-14-5)8(13)11(2)3-7(9)12/h4H,3H2,1-2H3,(H2,9,12). The fraction of sp³-hybridized carbons (Fsp3) is 0.375. The molecular formula is C8H11N3O2S. The fourth-order valence-electron chi connectivity index (χ4n) is 0.963. The molecule has 0 fully saturated rings. The van der Waals surface area contributed by atoms with Crippen molar-refractivity contribution >= 4 is 23.2 Å². The quantitative estimate of drug-likeness (QED) is 0.768. The van der Waals surface area contributed by atoms with Crippen molar-refractivity contribution in [2.45, 2.75) is 6.92 Å². The van der Waals surface area contributed by atoms with E-state index in [1.165, 1.54) is 23.3 Å². The predicted molar refractivity (Wildman–Crippen MR) is 53.0 cm³/mol. The minimum Gasteiger partial charge on any atom is -0.368 e. The molecule has 6 heteroatoms. The van der Waals surface area contributed by atoms with Gasteiger partial charge in [-0.3, -0.25) is 9.59 Å². The average Bonchev–Trinajstić information content (AvgIpc) is 2.49. The van der Waals surface area contributed by atoms with Crippen molar-refractivity contribution in [2.24, 2.45) is 5.73 Å². The molecule has 5 nitrogen and oxygen atoms in total. The zero-order valence-corrected chi connectivity index (χ0v) is 8.80. The van der Waals surface area contributed by atoms with Crippen LogP contribution in [0.4, 0.5) is 0 Å². The molecule has 0 atom stereocenters. The Labute approximate surface area is 85.5 Å². The molecular weight excluding hydrogens is 202 g/mol. The van der Waals surface area contributed by atoms with Gasteiger partial charge in [-0.05, 0) is 6.92 Å². The number of nitrogens with two attached hydrogens (primary N) is 1. The fourth-order valence-corrected chi connectivity index (χ4v) is 1.55. The first-order valence-electron chi connectivity index (χ1n) is 3.96. The predicted octanol–water partition coefficient (Wildman–Crippen LogP) is 0.00882. The Morgan fingerprint density at radius 1 is 1.64 bits per heavy atom. The van der Waals surface area contributed by atoms with E-state index >= 15 is 0 Å². The summed E-state index contributed by atoms with van der Waals surface area (Å²) >= 11 is 1.39. The van der Waals surface area contributed by atoms with E-state index in [-0.39, 0.29) is 12.5 Å². The van der Waals surface area contributed by atoms with Crippen LogP contribution < -0.4 is 5.73 Å². The highest BCUT2D eigenvalue weighted by molar-refractivity contribution is 7.09. The molecule has 1 heterocycles. The van der Waals surface area contributed by atoms with Crippen molar-refractivity contribution in [3.8, 4) is 0 Å². The van der Waals surface area contributed by atoms with Crippen molar-refractivity contribution in [1.82, 2.24) is 9.88 Å². The highest BCUT2D eigenvalue weighted by Crippen LogP contribution is 2.09. The number of aromatic nitrogens is 1. The van der Waals surface area contributed by atoms with E-state index in [9.17, 15) is 9.59 Å². The summed E-state index contributed by atoms with van der Waals surface area (Å²) in [6, 6.07) is 0. The summed E-state index contributed by atoms with van der Waals surface area (Å²) in [5.74, 6) is -0.819. The van der Waals surface area contributed by atoms with E-state index < -0.39 is 5.91 Å². The van der Waals surface area contributed by atoms with Gasteiger partial charge in [-0.25, -0.2) is 4.98 Å². The Kier molecular flexibility index (Phi) is 3.19. The van der Waals surface area contributed by atoms with Crippen LogP contribution in [-0.2, 0) is 4.79 Å². The number of hydrogen-bond acceptors (Lipinski definition) is 4. The van der Waals surface area contributed by atoms with Crippen LogP contribution in [0.1, 0.15) is 15.5 Å². The molecule has 1 aromatic heterocycles. The molecule has 14 heavy (non-hydrogen) atoms. The maximum atomic E-state index is 11.6. The second-order valence-electron chi connectivity index (χ2n) is 2.88. The first-order chi connectivity index (χ1) is 6.50. The number of primary amides is 1. The number of nitrogens with zero attached hydrogens (tertiary/aromatic N) is 2. The number of thiazole rings is 1. The van der Waals surface area contributed by atoms with Crippen LogP contribution >= 0.6 is 11.3 Å². The van der Waals surface area contributed by atoms with Gasteiger partial charge < -0.3 is 10.6 Å². The SMILES string of the molecule is Cc1nc(C(=O)N(C)CC(N)=O)cs1. The molecule has 0 bridgehead atoms. The van der Waals surface area contributed by atoms with E-state index in [1.807, 2.05) is 6.92 Å². The lowest BCUT2D eigenvalue weighted by atomic mass is 10.4. The lowest BCUT2D eigenvalue weighted by Gasteiger charge is -2.12. The molecule has 0 aromatic carbocycles. The van der Waals surface area contributed by atoms with Crippen LogP contribution in [0.3, 0.4) is 0 Å². The highest BCUT2D eigenvalue weighted by Gasteiger charge is 2.15. The Morgan fingerprint density at radius 3 is 2.71 bits per heavy atom. The summed E-state index contributed by atoms with van der Waals surface area (Å²) in [5, 5.41) is 2.48. The van der Waals surface area contributed by atoms with Gasteiger partial charge in [0, 0.05) is 12.4 Å². The van der Waals surface area contributed by atoms with Gasteiger partial charge in [0.2, 0.25) is 5.91 Å². The van der Waals surface area contributed by atoms with Crippen molar-refractivity contribution < 1.29 is 9.59 Å². The van der Waals surface area contributed by atoms with Crippen LogP contribution in [0.2, 0.25) is 0 Å². The molecule has 1 rings (SSSR count). The molecule has 76 valence electrons. The third kappa shape index (κ3) is 2.53. The second-order valence-corrected chi connectivity index (χ2v) is 3.94. The van der Waals surface area contributed by atoms with Crippen LogP contribution in [0, 0.1) is 6.92 Å². The minimum atomic E-state index is -0.534. The summed E-state index contributed by atoms with van der Waals surface area (Å²) in [4.78, 5) is 27.4. The van der Waals surface area contributed by atoms with Gasteiger partial charge in [0.1, 0.15) is 5.69 Å². The molecule has 1 aromatic rings. The van der Waals surface area contributed by atoms with Gasteiger partial charge in [-0.1, -0.05) is 0 Å². The van der Waals surface area contributed by atoms with Crippen molar-refractivity contribution in [1.29, 1.82) is 0 Å². The zero-order chi connectivity index (χ0) is 10.7. The maximum absolute atomic E-state index is 11.6. The minimum absolute atomic E-state index is 0.0879. The number of hydrogen-bond donors (Lipinski definition) is 1. The first-order valence-corrected chi connectivity index (χ1v) is 4.84. The van der Waals surface area contributed by atoms with E-state index in [0.717, 1.165) is 5.01 Å². The highest BCUT2D eigenvalue weighted by atomic mass is 32.1. The molecule has 0 saturated carbocycles. The summed E-state index contributed by atoms with van der Waals surface area (Å²) in [5.41, 5.74) is 5.32. The molecule has 0 radical (unpaired) electrons. The Morgan fingerprint density at radius 2 is 2.29 bits per heavy atom. The van der Waals surface area contributed by atoms with E-state index in [1.54, 1.807) is 5.38 Å². The normalized spacial score (nSPS) is 9.86. The van der Waals surface area contributed by atoms with Gasteiger partial charge >= 0.3 is 0 Å². The molecule has 0 aliphatic heterocycles. The van der Waals surface area contributed by atoms with Crippen molar-refractivity contribution in [2.75, 3.05) is 13.6 Å². The van der Waals surface area contributed by atoms with Crippen molar-refractivity contribution in [3.63, 3.8) is 0 Å². The summed E-state index contributed by atoms with van der Waals surface area (Å²) in [6.45, 7) is 1.73. The van der Waals surface area contributed by atoms with Crippen molar-refractivity contribution in [3.05, 3.63) is 16.1 Å². The van der Waals surface area contributed by atoms with Gasteiger partial charge in [0.05, 0.1) is 11.6 Å². The maximum Gasteiger partial charge on any atom is 0.273 e. The van der Waals surface area contributed by atoms with Crippen LogP contribution in [-0.4, -0.2) is 35.3 Å². The number of aryl methyl sites for hydroxylation is 1. The zero-order valence-electron chi connectivity index (χ0n) is 7.98. The summed E-state index contributed by atoms with van der Waals surface area (Å²) in [6.07, 6.45) is 0. The van der Waals surface area contributed by atoms with Gasteiger partial charge in [0.25, 0.3) is 5.91 Å². The van der Waals surface area contributed by atoms with Gasteiger partial charge in [0.15, 0.2) is 0 Å². The molecule has 0 aliphatic carbocycles. The smallest absolute Gasteiger partial charge is 0.273 e. The lowest BCUT2D eigenvalue weighted by Crippen LogP contribution is -2.35. The number of likely N-dealkylation sites (N-methyl/N-ethyl adjacent to an activating group) is 1. The second kappa shape index (κ2) is 4.19. The first kappa shape index (κ1) is 10.6. The van der Waals surface area contributed by atoms with E-state index in [2.05, 4.69) is 4.98 Å². The van der Waals surface area contributed by atoms with Crippen LogP contribution in [0.25, 0.3) is 0 Å². The number of carbonyl (C=O) groups is 2. The van der Waals surface area contributed by atoms with E-state index in [4.69, 9.17) is 5.73 Å². The molecule has 0 spiro atoms. The number of amides is 2. The lowest BCUT2D eigenvalue weighted by molar-refractivity contribution is -0.118. The van der Waals surface area contributed by atoms with Gasteiger partial charge in [-0.2, -0.15) is 0 Å². The monoisotopic (exact) mass is 213 g/mol. The third-order valence-electron chi connectivity index (χ3n) is 1.58. The molecule has 0 aliphatic rings. The van der Waals surface area contributed by atoms with Crippen LogP contribution in [0.5, 0.6) is 0 Å². The van der Waals surface area contributed by atoms with E-state index in [0.29, 0.717) is 5.69 Å². The largest absolute Gasteiger partial charge is 0.368 e. The Balaban J connectivity index is 2.70. The molecule has 2 amide bonds.